The largest absolute Gasteiger partial charge is 0.332 e. The van der Waals surface area contributed by atoms with Crippen LogP contribution in [-0.2, 0) is 14.1 Å². The molecule has 0 bridgehead atoms. The van der Waals surface area contributed by atoms with Gasteiger partial charge in [-0.3, -0.25) is 19.2 Å². The first kappa shape index (κ1) is 14.6. The van der Waals surface area contributed by atoms with Crippen LogP contribution in [0.2, 0.25) is 0 Å². The molecule has 0 fully saturated rings. The van der Waals surface area contributed by atoms with Crippen LogP contribution in [0.4, 0.5) is 10.6 Å². The van der Waals surface area contributed by atoms with Gasteiger partial charge in [-0.1, -0.05) is 28.1 Å². The Morgan fingerprint density at radius 1 is 1.05 bits per heavy atom. The van der Waals surface area contributed by atoms with Crippen LogP contribution in [0.15, 0.2) is 38.3 Å². The number of benzene rings is 1. The second kappa shape index (κ2) is 5.13. The second-order valence-electron chi connectivity index (χ2n) is 5.05. The number of anilines is 1. The number of carbonyl (C=O) groups excluding carboxylic acids is 1. The topological polar surface area (TPSA) is 85.1 Å². The molecule has 1 unspecified atom stereocenters. The molecule has 1 aliphatic heterocycles. The zero-order valence-corrected chi connectivity index (χ0v) is 13.5. The molecule has 0 aliphatic carbocycles. The molecule has 0 saturated heterocycles. The van der Waals surface area contributed by atoms with Crippen LogP contribution < -0.4 is 21.9 Å². The lowest BCUT2D eigenvalue weighted by molar-refractivity contribution is 0.248. The van der Waals surface area contributed by atoms with E-state index in [1.165, 1.54) is 18.7 Å². The summed E-state index contributed by atoms with van der Waals surface area (Å²) in [4.78, 5) is 36.4. The highest BCUT2D eigenvalue weighted by Gasteiger charge is 2.31. The van der Waals surface area contributed by atoms with Crippen LogP contribution in [0.25, 0.3) is 0 Å². The Bertz CT molecular complexity index is 883. The van der Waals surface area contributed by atoms with E-state index in [0.29, 0.717) is 5.56 Å². The first-order chi connectivity index (χ1) is 10.4. The lowest BCUT2D eigenvalue weighted by atomic mass is 9.98. The molecule has 2 amide bonds. The maximum absolute atomic E-state index is 12.5. The molecule has 3 rings (SSSR count). The van der Waals surface area contributed by atoms with Crippen LogP contribution in [0, 0.1) is 0 Å². The van der Waals surface area contributed by atoms with Crippen LogP contribution >= 0.6 is 15.9 Å². The number of rotatable bonds is 1. The molecule has 2 N–H and O–H groups in total. The van der Waals surface area contributed by atoms with E-state index >= 15 is 0 Å². The predicted octanol–water partition coefficient (Wildman–Crippen LogP) is 1.07. The predicted molar refractivity (Wildman–Crippen MR) is 85.1 cm³/mol. The number of halogens is 1. The summed E-state index contributed by atoms with van der Waals surface area (Å²) in [6.07, 6.45) is 0. The van der Waals surface area contributed by atoms with Gasteiger partial charge >= 0.3 is 11.7 Å². The Labute approximate surface area is 133 Å². The third kappa shape index (κ3) is 2.16. The Morgan fingerprint density at radius 2 is 1.68 bits per heavy atom. The van der Waals surface area contributed by atoms with E-state index in [1.807, 2.05) is 24.3 Å². The molecule has 7 nitrogen and oxygen atoms in total. The van der Waals surface area contributed by atoms with Gasteiger partial charge in [-0.2, -0.15) is 0 Å². The van der Waals surface area contributed by atoms with E-state index in [2.05, 4.69) is 26.6 Å². The van der Waals surface area contributed by atoms with Gasteiger partial charge in [0.25, 0.3) is 5.56 Å². The van der Waals surface area contributed by atoms with Crippen LogP contribution in [-0.4, -0.2) is 15.2 Å². The zero-order valence-electron chi connectivity index (χ0n) is 11.9. The van der Waals surface area contributed by atoms with Crippen molar-refractivity contribution in [2.24, 2.45) is 14.1 Å². The standard InChI is InChI=1S/C14H13BrN4O3/c1-18-11-9(12(20)19(2)14(18)22)10(16-13(21)17-11)7-3-5-8(15)6-4-7/h3-6,10H,1-2H3,(H2,16,17,21). The first-order valence-electron chi connectivity index (χ1n) is 6.53. The fourth-order valence-corrected chi connectivity index (χ4v) is 2.80. The Kier molecular flexibility index (Phi) is 3.40. The number of amides is 2. The minimum atomic E-state index is -0.609. The molecular formula is C14H13BrN4O3. The summed E-state index contributed by atoms with van der Waals surface area (Å²) in [5.41, 5.74) is 0.181. The summed E-state index contributed by atoms with van der Waals surface area (Å²) >= 11 is 3.35. The van der Waals surface area contributed by atoms with Gasteiger partial charge in [0.05, 0.1) is 11.6 Å². The van der Waals surface area contributed by atoms with Crippen LogP contribution in [0.1, 0.15) is 17.2 Å². The quantitative estimate of drug-likeness (QED) is 0.793. The number of aromatic nitrogens is 2. The highest BCUT2D eigenvalue weighted by Crippen LogP contribution is 2.28. The molecule has 1 aromatic carbocycles. The average Bonchev–Trinajstić information content (AvgIpc) is 2.50. The number of nitrogens with zero attached hydrogens (tertiary/aromatic N) is 2. The van der Waals surface area contributed by atoms with Crippen molar-refractivity contribution in [2.75, 3.05) is 5.32 Å². The molecule has 114 valence electrons. The normalized spacial score (nSPS) is 16.7. The molecular weight excluding hydrogens is 352 g/mol. The lowest BCUT2D eigenvalue weighted by Crippen LogP contribution is -2.49. The van der Waals surface area contributed by atoms with Crippen molar-refractivity contribution in [1.29, 1.82) is 0 Å². The minimum absolute atomic E-state index is 0.227. The zero-order chi connectivity index (χ0) is 16.0. The Balaban J connectivity index is 2.30. The molecule has 22 heavy (non-hydrogen) atoms. The smallest absolute Gasteiger partial charge is 0.327 e. The number of urea groups is 1. The molecule has 2 aromatic rings. The summed E-state index contributed by atoms with van der Waals surface area (Å²) in [6, 6.07) is 6.22. The highest BCUT2D eigenvalue weighted by atomic mass is 79.9. The third-order valence-electron chi connectivity index (χ3n) is 3.70. The van der Waals surface area contributed by atoms with Crippen LogP contribution in [0.3, 0.4) is 0 Å². The van der Waals surface area contributed by atoms with E-state index in [1.54, 1.807) is 0 Å². The van der Waals surface area contributed by atoms with E-state index in [9.17, 15) is 14.4 Å². The van der Waals surface area contributed by atoms with Gasteiger partial charge in [0.2, 0.25) is 0 Å². The summed E-state index contributed by atoms with van der Waals surface area (Å²) < 4.78 is 3.19. The highest BCUT2D eigenvalue weighted by molar-refractivity contribution is 9.10. The summed E-state index contributed by atoms with van der Waals surface area (Å²) in [7, 11) is 2.94. The first-order valence-corrected chi connectivity index (χ1v) is 7.32. The van der Waals surface area contributed by atoms with Gasteiger partial charge in [0, 0.05) is 18.6 Å². The molecule has 1 atom stereocenters. The van der Waals surface area contributed by atoms with Gasteiger partial charge in [-0.25, -0.2) is 9.59 Å². The van der Waals surface area contributed by atoms with Crippen molar-refractivity contribution in [3.8, 4) is 0 Å². The maximum Gasteiger partial charge on any atom is 0.332 e. The minimum Gasteiger partial charge on any atom is -0.327 e. The number of nitrogens with one attached hydrogen (secondary N) is 2. The third-order valence-corrected chi connectivity index (χ3v) is 4.23. The van der Waals surface area contributed by atoms with E-state index < -0.39 is 23.3 Å². The van der Waals surface area contributed by atoms with Gasteiger partial charge < -0.3 is 5.32 Å². The Morgan fingerprint density at radius 3 is 2.32 bits per heavy atom. The van der Waals surface area contributed by atoms with E-state index in [0.717, 1.165) is 14.6 Å². The van der Waals surface area contributed by atoms with Crippen molar-refractivity contribution < 1.29 is 4.79 Å². The van der Waals surface area contributed by atoms with Crippen molar-refractivity contribution in [3.63, 3.8) is 0 Å². The summed E-state index contributed by atoms with van der Waals surface area (Å²) in [5.74, 6) is 0.227. The molecule has 1 aromatic heterocycles. The fraction of sp³-hybridized carbons (Fsp3) is 0.214. The molecule has 8 heteroatoms. The maximum atomic E-state index is 12.5. The number of fused-ring (bicyclic) bond motifs is 1. The van der Waals surface area contributed by atoms with Gasteiger partial charge in [-0.05, 0) is 17.7 Å². The summed E-state index contributed by atoms with van der Waals surface area (Å²) in [5, 5.41) is 5.27. The van der Waals surface area contributed by atoms with Crippen LogP contribution in [0.5, 0.6) is 0 Å². The van der Waals surface area contributed by atoms with Crippen molar-refractivity contribution in [3.05, 3.63) is 60.7 Å². The molecule has 0 saturated carbocycles. The fourth-order valence-electron chi connectivity index (χ4n) is 2.53. The average molecular weight is 365 g/mol. The monoisotopic (exact) mass is 364 g/mol. The SMILES string of the molecule is Cn1c2c(c(=O)n(C)c1=O)C(c1ccc(Br)cc1)NC(=O)N2. The number of hydrogen-bond acceptors (Lipinski definition) is 3. The summed E-state index contributed by atoms with van der Waals surface area (Å²) in [6.45, 7) is 0. The van der Waals surface area contributed by atoms with Gasteiger partial charge in [-0.15, -0.1) is 0 Å². The van der Waals surface area contributed by atoms with E-state index in [4.69, 9.17) is 0 Å². The molecule has 1 aliphatic rings. The van der Waals surface area contributed by atoms with Crippen molar-refractivity contribution in [1.82, 2.24) is 14.5 Å². The van der Waals surface area contributed by atoms with E-state index in [-0.39, 0.29) is 5.82 Å². The second-order valence-corrected chi connectivity index (χ2v) is 5.97. The Hall–Kier alpha value is -2.35. The van der Waals surface area contributed by atoms with Crippen molar-refractivity contribution >= 4 is 27.8 Å². The number of carbonyl (C=O) groups is 1. The molecule has 2 heterocycles. The lowest BCUT2D eigenvalue weighted by Gasteiger charge is -2.28. The van der Waals surface area contributed by atoms with Gasteiger partial charge in [0.15, 0.2) is 0 Å². The molecule has 0 spiro atoms. The number of hydrogen-bond donors (Lipinski definition) is 2. The van der Waals surface area contributed by atoms with Gasteiger partial charge in [0.1, 0.15) is 5.82 Å². The van der Waals surface area contributed by atoms with Crippen molar-refractivity contribution in [2.45, 2.75) is 6.04 Å². The molecule has 0 radical (unpaired) electrons.